The average Bonchev–Trinajstić information content (AvgIpc) is 2.41. The lowest BCUT2D eigenvalue weighted by Gasteiger charge is -2.48. The molecule has 2 heterocycles. The molecule has 0 radical (unpaired) electrons. The first-order valence-corrected chi connectivity index (χ1v) is 8.21. The standard InChI is InChI=1S/C16H23BrN2/c1-12-6-7-15(17)16(9-12)19-11-14-5-3-4-8-18(14)10-13(19)2/h6-7,9,13-14H,3-5,8,10-11H2,1-2H3. The SMILES string of the molecule is Cc1ccc(Br)c(N2CC3CCCCN3CC2C)c1. The van der Waals surface area contributed by atoms with Crippen LogP contribution in [0.1, 0.15) is 31.7 Å². The molecule has 2 nitrogen and oxygen atoms in total. The van der Waals surface area contributed by atoms with Gasteiger partial charge in [-0.05, 0) is 66.9 Å². The average molecular weight is 323 g/mol. The monoisotopic (exact) mass is 322 g/mol. The Hall–Kier alpha value is -0.540. The predicted molar refractivity (Wildman–Crippen MR) is 84.9 cm³/mol. The lowest BCUT2D eigenvalue weighted by atomic mass is 9.96. The number of anilines is 1. The van der Waals surface area contributed by atoms with E-state index in [0.29, 0.717) is 6.04 Å². The number of hydrogen-bond acceptors (Lipinski definition) is 2. The first-order valence-electron chi connectivity index (χ1n) is 7.42. The van der Waals surface area contributed by atoms with Crippen LogP contribution in [0.5, 0.6) is 0 Å². The van der Waals surface area contributed by atoms with Gasteiger partial charge in [0.1, 0.15) is 0 Å². The second kappa shape index (κ2) is 5.45. The third kappa shape index (κ3) is 2.68. The maximum absolute atomic E-state index is 3.73. The fraction of sp³-hybridized carbons (Fsp3) is 0.625. The number of fused-ring (bicyclic) bond motifs is 1. The predicted octanol–water partition coefficient (Wildman–Crippen LogP) is 3.82. The molecule has 3 rings (SSSR count). The van der Waals surface area contributed by atoms with Crippen molar-refractivity contribution < 1.29 is 0 Å². The fourth-order valence-corrected chi connectivity index (χ4v) is 4.01. The Morgan fingerprint density at radius 1 is 1.21 bits per heavy atom. The van der Waals surface area contributed by atoms with Crippen molar-refractivity contribution in [1.82, 2.24) is 4.90 Å². The van der Waals surface area contributed by atoms with Gasteiger partial charge in [-0.25, -0.2) is 0 Å². The molecule has 0 aliphatic carbocycles. The van der Waals surface area contributed by atoms with Crippen molar-refractivity contribution in [3.63, 3.8) is 0 Å². The van der Waals surface area contributed by atoms with Gasteiger partial charge in [-0.15, -0.1) is 0 Å². The van der Waals surface area contributed by atoms with Crippen LogP contribution < -0.4 is 4.90 Å². The van der Waals surface area contributed by atoms with Gasteiger partial charge >= 0.3 is 0 Å². The van der Waals surface area contributed by atoms with Crippen LogP contribution in [0.25, 0.3) is 0 Å². The zero-order valence-corrected chi connectivity index (χ0v) is 13.5. The second-order valence-corrected chi connectivity index (χ2v) is 6.96. The molecule has 0 aromatic heterocycles. The van der Waals surface area contributed by atoms with Gasteiger partial charge in [-0.2, -0.15) is 0 Å². The minimum absolute atomic E-state index is 0.604. The number of nitrogens with zero attached hydrogens (tertiary/aromatic N) is 2. The summed E-state index contributed by atoms with van der Waals surface area (Å²) in [6, 6.07) is 8.04. The van der Waals surface area contributed by atoms with E-state index in [2.05, 4.69) is 57.8 Å². The maximum atomic E-state index is 3.73. The van der Waals surface area contributed by atoms with Crippen LogP contribution in [0.3, 0.4) is 0 Å². The largest absolute Gasteiger partial charge is 0.365 e. The molecule has 2 aliphatic rings. The van der Waals surface area contributed by atoms with E-state index in [9.17, 15) is 0 Å². The minimum atomic E-state index is 0.604. The summed E-state index contributed by atoms with van der Waals surface area (Å²) in [5, 5.41) is 0. The van der Waals surface area contributed by atoms with Crippen LogP contribution in [-0.2, 0) is 0 Å². The molecular weight excluding hydrogens is 300 g/mol. The van der Waals surface area contributed by atoms with E-state index >= 15 is 0 Å². The first kappa shape index (κ1) is 13.4. The number of halogens is 1. The van der Waals surface area contributed by atoms with Crippen LogP contribution in [0.4, 0.5) is 5.69 Å². The lowest BCUT2D eigenvalue weighted by molar-refractivity contribution is 0.115. The molecule has 3 heteroatoms. The molecule has 1 aromatic carbocycles. The lowest BCUT2D eigenvalue weighted by Crippen LogP contribution is -2.58. The molecule has 2 saturated heterocycles. The van der Waals surface area contributed by atoms with E-state index in [4.69, 9.17) is 0 Å². The van der Waals surface area contributed by atoms with E-state index in [0.717, 1.165) is 6.04 Å². The van der Waals surface area contributed by atoms with Gasteiger partial charge in [0.25, 0.3) is 0 Å². The van der Waals surface area contributed by atoms with Crippen molar-refractivity contribution in [2.45, 2.75) is 45.2 Å². The summed E-state index contributed by atoms with van der Waals surface area (Å²) >= 11 is 3.73. The molecule has 104 valence electrons. The van der Waals surface area contributed by atoms with Crippen molar-refractivity contribution in [2.75, 3.05) is 24.5 Å². The second-order valence-electron chi connectivity index (χ2n) is 6.10. The smallest absolute Gasteiger partial charge is 0.0516 e. The summed E-state index contributed by atoms with van der Waals surface area (Å²) < 4.78 is 1.23. The van der Waals surface area contributed by atoms with Crippen molar-refractivity contribution in [1.29, 1.82) is 0 Å². The fourth-order valence-electron chi connectivity index (χ4n) is 3.53. The Balaban J connectivity index is 1.85. The minimum Gasteiger partial charge on any atom is -0.365 e. The number of benzene rings is 1. The van der Waals surface area contributed by atoms with Gasteiger partial charge in [-0.1, -0.05) is 12.5 Å². The van der Waals surface area contributed by atoms with E-state index in [1.807, 2.05) is 0 Å². The van der Waals surface area contributed by atoms with E-state index < -0.39 is 0 Å². The Labute approximate surface area is 124 Å². The molecule has 0 spiro atoms. The molecule has 0 bridgehead atoms. The van der Waals surface area contributed by atoms with Crippen LogP contribution in [-0.4, -0.2) is 36.6 Å². The van der Waals surface area contributed by atoms with Gasteiger partial charge in [0.15, 0.2) is 0 Å². The van der Waals surface area contributed by atoms with Gasteiger partial charge in [0, 0.05) is 29.6 Å². The van der Waals surface area contributed by atoms with Gasteiger partial charge < -0.3 is 4.90 Å². The molecular formula is C16H23BrN2. The number of rotatable bonds is 1. The van der Waals surface area contributed by atoms with Crippen LogP contribution in [0.2, 0.25) is 0 Å². The van der Waals surface area contributed by atoms with Crippen LogP contribution in [0, 0.1) is 6.92 Å². The zero-order valence-electron chi connectivity index (χ0n) is 11.9. The van der Waals surface area contributed by atoms with E-state index in [1.165, 1.54) is 54.6 Å². The highest BCUT2D eigenvalue weighted by Gasteiger charge is 2.33. The summed E-state index contributed by atoms with van der Waals surface area (Å²) in [5.74, 6) is 0. The summed E-state index contributed by atoms with van der Waals surface area (Å²) in [7, 11) is 0. The van der Waals surface area contributed by atoms with Crippen LogP contribution in [0.15, 0.2) is 22.7 Å². The highest BCUT2D eigenvalue weighted by atomic mass is 79.9. The molecule has 2 unspecified atom stereocenters. The molecule has 2 aliphatic heterocycles. The summed E-state index contributed by atoms with van der Waals surface area (Å²) in [4.78, 5) is 5.30. The van der Waals surface area contributed by atoms with Gasteiger partial charge in [0.2, 0.25) is 0 Å². The van der Waals surface area contributed by atoms with Gasteiger partial charge in [-0.3, -0.25) is 4.90 Å². The molecule has 0 N–H and O–H groups in total. The third-order valence-electron chi connectivity index (χ3n) is 4.60. The number of aryl methyl sites for hydroxylation is 1. The molecule has 0 amide bonds. The molecule has 2 atom stereocenters. The molecule has 2 fully saturated rings. The summed E-state index contributed by atoms with van der Waals surface area (Å²) in [6.45, 7) is 8.24. The maximum Gasteiger partial charge on any atom is 0.0516 e. The normalized spacial score (nSPS) is 28.3. The Morgan fingerprint density at radius 2 is 2.05 bits per heavy atom. The zero-order chi connectivity index (χ0) is 13.4. The topological polar surface area (TPSA) is 6.48 Å². The third-order valence-corrected chi connectivity index (χ3v) is 5.27. The number of piperazine rings is 1. The van der Waals surface area contributed by atoms with Crippen molar-refractivity contribution in [2.24, 2.45) is 0 Å². The number of hydrogen-bond donors (Lipinski definition) is 0. The van der Waals surface area contributed by atoms with Crippen LogP contribution >= 0.6 is 15.9 Å². The summed E-state index contributed by atoms with van der Waals surface area (Å²) in [6.07, 6.45) is 4.16. The van der Waals surface area contributed by atoms with E-state index in [1.54, 1.807) is 0 Å². The molecule has 0 saturated carbocycles. The Kier molecular flexibility index (Phi) is 3.86. The highest BCUT2D eigenvalue weighted by Crippen LogP contribution is 2.33. The van der Waals surface area contributed by atoms with E-state index in [-0.39, 0.29) is 0 Å². The quantitative estimate of drug-likeness (QED) is 0.775. The van der Waals surface area contributed by atoms with Gasteiger partial charge in [0.05, 0.1) is 5.69 Å². The van der Waals surface area contributed by atoms with Crippen molar-refractivity contribution in [3.8, 4) is 0 Å². The Morgan fingerprint density at radius 3 is 2.89 bits per heavy atom. The Bertz CT molecular complexity index is 460. The first-order chi connectivity index (χ1) is 9.15. The molecule has 1 aromatic rings. The summed E-state index contributed by atoms with van der Waals surface area (Å²) in [5.41, 5.74) is 2.72. The van der Waals surface area contributed by atoms with Crippen molar-refractivity contribution >= 4 is 21.6 Å². The van der Waals surface area contributed by atoms with Crippen molar-refractivity contribution in [3.05, 3.63) is 28.2 Å². The molecule has 19 heavy (non-hydrogen) atoms. The highest BCUT2D eigenvalue weighted by molar-refractivity contribution is 9.10. The number of piperidine rings is 1.